The van der Waals surface area contributed by atoms with E-state index in [1.165, 1.54) is 13.8 Å². The molecule has 0 aromatic rings. The molecule has 0 rings (SSSR count). The fourth-order valence-corrected chi connectivity index (χ4v) is 0.654. The van der Waals surface area contributed by atoms with Gasteiger partial charge in [0.25, 0.3) is 0 Å². The van der Waals surface area contributed by atoms with Gasteiger partial charge in [-0.3, -0.25) is 9.59 Å². The molecule has 0 aromatic heterocycles. The second-order valence-corrected chi connectivity index (χ2v) is 4.85. The van der Waals surface area contributed by atoms with Gasteiger partial charge in [-0.1, -0.05) is 20.8 Å². The van der Waals surface area contributed by atoms with Crippen LogP contribution >= 0.6 is 0 Å². The highest BCUT2D eigenvalue weighted by atomic mass is 16.6. The molecule has 9 nitrogen and oxygen atoms in total. The third kappa shape index (κ3) is 64.6. The van der Waals surface area contributed by atoms with Crippen molar-refractivity contribution in [3.05, 3.63) is 0 Å². The van der Waals surface area contributed by atoms with E-state index in [0.29, 0.717) is 19.3 Å². The van der Waals surface area contributed by atoms with Gasteiger partial charge in [0.1, 0.15) is 25.3 Å². The van der Waals surface area contributed by atoms with Gasteiger partial charge in [-0.2, -0.15) is 0 Å². The average Bonchev–Trinajstić information content (AvgIpc) is 2.67. The first-order valence-electron chi connectivity index (χ1n) is 9.20. The first kappa shape index (κ1) is 37.0. The van der Waals surface area contributed by atoms with Crippen molar-refractivity contribution >= 4 is 24.5 Å². The first-order chi connectivity index (χ1) is 13.1. The minimum absolute atomic E-state index is 0.137. The van der Waals surface area contributed by atoms with Crippen LogP contribution in [0.2, 0.25) is 0 Å². The van der Waals surface area contributed by atoms with Crippen LogP contribution < -0.4 is 0 Å². The van der Waals surface area contributed by atoms with Gasteiger partial charge in [0.2, 0.25) is 0 Å². The minimum atomic E-state index is -0.560. The molecule has 0 saturated carbocycles. The molecule has 0 spiro atoms. The molecule has 0 heterocycles. The zero-order valence-electron chi connectivity index (χ0n) is 18.3. The molecule has 2 atom stereocenters. The molecule has 0 radical (unpaired) electrons. The van der Waals surface area contributed by atoms with Crippen LogP contribution in [0.1, 0.15) is 67.7 Å². The molecule has 0 bridgehead atoms. The maximum Gasteiger partial charge on any atom is 0.305 e. The lowest BCUT2D eigenvalue weighted by molar-refractivity contribution is -0.157. The van der Waals surface area contributed by atoms with Crippen LogP contribution in [0, 0.1) is 0 Å². The Morgan fingerprint density at radius 2 is 1.29 bits per heavy atom. The lowest BCUT2D eigenvalue weighted by Gasteiger charge is -2.12. The fraction of sp³-hybridized carbons (Fsp3) is 0.789. The van der Waals surface area contributed by atoms with E-state index in [0.717, 1.165) is 12.6 Å². The summed E-state index contributed by atoms with van der Waals surface area (Å²) >= 11 is 0. The Morgan fingerprint density at radius 3 is 1.50 bits per heavy atom. The number of aldehydes is 2. The van der Waals surface area contributed by atoms with Crippen LogP contribution in [0.4, 0.5) is 0 Å². The molecule has 0 aromatic carbocycles. The highest BCUT2D eigenvalue weighted by molar-refractivity contribution is 5.69. The van der Waals surface area contributed by atoms with Crippen molar-refractivity contribution in [2.75, 3.05) is 19.8 Å². The number of carbonyl (C=O) groups excluding carboxylic acids is 4. The summed E-state index contributed by atoms with van der Waals surface area (Å²) in [4.78, 5) is 39.5. The SMILES string of the molecule is CC(O)CO.CC=O.CCC(=O)OCC(C)OC(=O)CC.CCC=O.CCO. The zero-order chi connectivity index (χ0) is 23.4. The molecular weight excluding hydrogens is 372 g/mol. The van der Waals surface area contributed by atoms with Crippen molar-refractivity contribution < 1.29 is 44.0 Å². The molecule has 0 aliphatic heterocycles. The van der Waals surface area contributed by atoms with E-state index >= 15 is 0 Å². The number of aliphatic hydroxyl groups is 3. The molecule has 170 valence electrons. The van der Waals surface area contributed by atoms with Gasteiger partial charge in [-0.05, 0) is 27.7 Å². The van der Waals surface area contributed by atoms with Crippen LogP contribution in [0.25, 0.3) is 0 Å². The highest BCUT2D eigenvalue weighted by Crippen LogP contribution is 1.96. The van der Waals surface area contributed by atoms with Crippen LogP contribution in [0.3, 0.4) is 0 Å². The van der Waals surface area contributed by atoms with Crippen LogP contribution in [0.5, 0.6) is 0 Å². The van der Waals surface area contributed by atoms with Gasteiger partial charge >= 0.3 is 11.9 Å². The molecule has 2 unspecified atom stereocenters. The van der Waals surface area contributed by atoms with Crippen LogP contribution in [0.15, 0.2) is 0 Å². The lowest BCUT2D eigenvalue weighted by Crippen LogP contribution is -2.21. The number of ether oxygens (including phenoxy) is 2. The Morgan fingerprint density at radius 1 is 0.964 bits per heavy atom. The van der Waals surface area contributed by atoms with Gasteiger partial charge in [0, 0.05) is 25.9 Å². The Kier molecular flexibility index (Phi) is 47.7. The summed E-state index contributed by atoms with van der Waals surface area (Å²) in [6.45, 7) is 11.8. The maximum atomic E-state index is 10.8. The van der Waals surface area contributed by atoms with E-state index < -0.39 is 6.10 Å². The summed E-state index contributed by atoms with van der Waals surface area (Å²) in [7, 11) is 0. The summed E-state index contributed by atoms with van der Waals surface area (Å²) in [5.74, 6) is -0.556. The van der Waals surface area contributed by atoms with Crippen molar-refractivity contribution in [3.63, 3.8) is 0 Å². The van der Waals surface area contributed by atoms with E-state index in [1.807, 2.05) is 6.92 Å². The Balaban J connectivity index is -0.0000000965. The van der Waals surface area contributed by atoms with Gasteiger partial charge < -0.3 is 34.4 Å². The molecule has 9 heteroatoms. The summed E-state index contributed by atoms with van der Waals surface area (Å²) in [5.41, 5.74) is 0. The van der Waals surface area contributed by atoms with Crippen molar-refractivity contribution in [3.8, 4) is 0 Å². The number of hydrogen-bond acceptors (Lipinski definition) is 9. The van der Waals surface area contributed by atoms with E-state index in [1.54, 1.807) is 27.7 Å². The summed E-state index contributed by atoms with van der Waals surface area (Å²) in [5, 5.41) is 23.6. The third-order valence-electron chi connectivity index (χ3n) is 1.82. The number of aliphatic hydroxyl groups excluding tert-OH is 3. The quantitative estimate of drug-likeness (QED) is 0.417. The highest BCUT2D eigenvalue weighted by Gasteiger charge is 2.09. The van der Waals surface area contributed by atoms with Gasteiger partial charge in [-0.15, -0.1) is 0 Å². The van der Waals surface area contributed by atoms with Crippen molar-refractivity contribution in [1.29, 1.82) is 0 Å². The van der Waals surface area contributed by atoms with E-state index in [2.05, 4.69) is 0 Å². The normalized spacial score (nSPS) is 10.2. The zero-order valence-corrected chi connectivity index (χ0v) is 18.3. The van der Waals surface area contributed by atoms with Crippen LogP contribution in [-0.2, 0) is 28.7 Å². The predicted molar refractivity (Wildman–Crippen MR) is 107 cm³/mol. The second kappa shape index (κ2) is 36.1. The topological polar surface area (TPSA) is 147 Å². The average molecular weight is 413 g/mol. The fourth-order valence-electron chi connectivity index (χ4n) is 0.654. The smallest absolute Gasteiger partial charge is 0.305 e. The van der Waals surface area contributed by atoms with Crippen molar-refractivity contribution in [1.82, 2.24) is 0 Å². The summed E-state index contributed by atoms with van der Waals surface area (Å²) in [6.07, 6.45) is 2.03. The number of rotatable bonds is 7. The van der Waals surface area contributed by atoms with E-state index in [9.17, 15) is 14.4 Å². The lowest BCUT2D eigenvalue weighted by atomic mass is 10.4. The largest absolute Gasteiger partial charge is 0.462 e. The maximum absolute atomic E-state index is 10.8. The summed E-state index contributed by atoms with van der Waals surface area (Å²) < 4.78 is 9.66. The molecular formula is C19H40O9. The Labute approximate surface area is 169 Å². The monoisotopic (exact) mass is 412 g/mol. The second-order valence-electron chi connectivity index (χ2n) is 4.85. The Bertz CT molecular complexity index is 331. The molecule has 0 aliphatic carbocycles. The molecule has 0 saturated heterocycles. The standard InChI is InChI=1S/C9H16O4.C3H8O2.C3H6O.C2H6O.C2H4O/c1-4-8(10)12-6-7(3)13-9(11)5-2;1-3(5)2-4;1-2-3-4;2*1-2-3/h7H,4-6H2,1-3H3;3-5H,2H2,1H3;3H,2H2,1H3;3H,2H2,1H3;2H,1H3. The van der Waals surface area contributed by atoms with Gasteiger partial charge in [-0.25, -0.2) is 0 Å². The van der Waals surface area contributed by atoms with E-state index in [4.69, 9.17) is 29.6 Å². The van der Waals surface area contributed by atoms with Crippen LogP contribution in [-0.4, -0.2) is 71.9 Å². The minimum Gasteiger partial charge on any atom is -0.462 e. The molecule has 0 amide bonds. The number of carbonyl (C=O) groups is 4. The molecule has 0 aliphatic rings. The Hall–Kier alpha value is -1.84. The molecule has 28 heavy (non-hydrogen) atoms. The number of esters is 2. The number of hydrogen-bond donors (Lipinski definition) is 3. The molecule has 0 fully saturated rings. The van der Waals surface area contributed by atoms with E-state index in [-0.39, 0.29) is 37.9 Å². The van der Waals surface area contributed by atoms with Crippen molar-refractivity contribution in [2.45, 2.75) is 79.9 Å². The first-order valence-corrected chi connectivity index (χ1v) is 9.20. The third-order valence-corrected chi connectivity index (χ3v) is 1.82. The van der Waals surface area contributed by atoms with Crippen molar-refractivity contribution in [2.24, 2.45) is 0 Å². The van der Waals surface area contributed by atoms with Gasteiger partial charge in [0.15, 0.2) is 0 Å². The predicted octanol–water partition coefficient (Wildman–Crippen LogP) is 1.44. The summed E-state index contributed by atoms with van der Waals surface area (Å²) in [6, 6.07) is 0. The van der Waals surface area contributed by atoms with Gasteiger partial charge in [0.05, 0.1) is 12.7 Å². The molecule has 3 N–H and O–H groups in total.